The van der Waals surface area contributed by atoms with E-state index in [-0.39, 0.29) is 12.5 Å². The Labute approximate surface area is 128 Å². The summed E-state index contributed by atoms with van der Waals surface area (Å²) in [5, 5.41) is 10.2. The van der Waals surface area contributed by atoms with Gasteiger partial charge < -0.3 is 10.1 Å². The Hall–Kier alpha value is -2.70. The second-order valence-corrected chi connectivity index (χ2v) is 4.64. The summed E-state index contributed by atoms with van der Waals surface area (Å²) in [6.07, 6.45) is 2.51. The molecule has 116 valence electrons. The maximum Gasteiger partial charge on any atom is 0.327 e. The van der Waals surface area contributed by atoms with E-state index in [0.717, 1.165) is 5.56 Å². The van der Waals surface area contributed by atoms with Gasteiger partial charge in [-0.15, -0.1) is 5.10 Å². The van der Waals surface area contributed by atoms with E-state index >= 15 is 0 Å². The van der Waals surface area contributed by atoms with Crippen LogP contribution < -0.4 is 5.32 Å². The summed E-state index contributed by atoms with van der Waals surface area (Å²) < 4.78 is 6.13. The average molecular weight is 302 g/mol. The van der Waals surface area contributed by atoms with Gasteiger partial charge in [-0.3, -0.25) is 9.59 Å². The number of nitrogens with one attached hydrogen (secondary N) is 1. The first-order valence-electron chi connectivity index (χ1n) is 7.07. The van der Waals surface area contributed by atoms with E-state index in [1.807, 2.05) is 30.3 Å². The molecule has 2 aromatic rings. The molecule has 0 aliphatic rings. The second kappa shape index (κ2) is 7.92. The summed E-state index contributed by atoms with van der Waals surface area (Å²) in [5.74, 6) is -0.219. The smallest absolute Gasteiger partial charge is 0.327 e. The molecule has 22 heavy (non-hydrogen) atoms. The normalized spacial score (nSPS) is 10.2. The SMILES string of the molecule is CCOC(=O)Cn1cc(NC(=O)CCc2ccccc2)nn1. The van der Waals surface area contributed by atoms with Crippen molar-refractivity contribution in [2.45, 2.75) is 26.3 Å². The van der Waals surface area contributed by atoms with Crippen LogP contribution in [0.5, 0.6) is 0 Å². The van der Waals surface area contributed by atoms with Crippen LogP contribution in [-0.4, -0.2) is 33.5 Å². The number of anilines is 1. The Bertz CT molecular complexity index is 625. The molecule has 0 unspecified atom stereocenters. The monoisotopic (exact) mass is 302 g/mol. The van der Waals surface area contributed by atoms with Crippen molar-refractivity contribution in [2.24, 2.45) is 0 Å². The van der Waals surface area contributed by atoms with Crippen molar-refractivity contribution in [1.82, 2.24) is 15.0 Å². The number of amides is 1. The Balaban J connectivity index is 1.79. The van der Waals surface area contributed by atoms with Crippen LogP contribution in [-0.2, 0) is 27.3 Å². The molecule has 0 spiro atoms. The van der Waals surface area contributed by atoms with Gasteiger partial charge in [0.1, 0.15) is 6.54 Å². The number of hydrogen-bond donors (Lipinski definition) is 1. The van der Waals surface area contributed by atoms with Gasteiger partial charge in [0, 0.05) is 6.42 Å². The third-order valence-electron chi connectivity index (χ3n) is 2.89. The number of aromatic nitrogens is 3. The zero-order valence-electron chi connectivity index (χ0n) is 12.4. The summed E-state index contributed by atoms with van der Waals surface area (Å²) >= 11 is 0. The third kappa shape index (κ3) is 5.01. The average Bonchev–Trinajstić information content (AvgIpc) is 2.93. The summed E-state index contributed by atoms with van der Waals surface area (Å²) in [6, 6.07) is 9.76. The van der Waals surface area contributed by atoms with Crippen LogP contribution in [0.3, 0.4) is 0 Å². The molecule has 1 aromatic carbocycles. The number of rotatable bonds is 7. The molecule has 0 aliphatic carbocycles. The fourth-order valence-corrected chi connectivity index (χ4v) is 1.88. The maximum absolute atomic E-state index is 11.8. The Kier molecular flexibility index (Phi) is 5.65. The minimum absolute atomic E-state index is 0.0271. The van der Waals surface area contributed by atoms with Crippen LogP contribution in [0.15, 0.2) is 36.5 Å². The van der Waals surface area contributed by atoms with E-state index in [1.54, 1.807) is 6.92 Å². The van der Waals surface area contributed by atoms with Gasteiger partial charge in [0.2, 0.25) is 5.91 Å². The molecule has 1 amide bonds. The molecule has 2 rings (SSSR count). The van der Waals surface area contributed by atoms with Crippen LogP contribution in [0.2, 0.25) is 0 Å². The van der Waals surface area contributed by atoms with Gasteiger partial charge in [0.15, 0.2) is 5.82 Å². The van der Waals surface area contributed by atoms with Crippen LogP contribution in [0, 0.1) is 0 Å². The van der Waals surface area contributed by atoms with Crippen LogP contribution >= 0.6 is 0 Å². The second-order valence-electron chi connectivity index (χ2n) is 4.64. The van der Waals surface area contributed by atoms with E-state index in [9.17, 15) is 9.59 Å². The molecule has 0 saturated heterocycles. The fraction of sp³-hybridized carbons (Fsp3) is 0.333. The number of aryl methyl sites for hydroxylation is 1. The van der Waals surface area contributed by atoms with Gasteiger partial charge in [-0.25, -0.2) is 4.68 Å². The largest absolute Gasteiger partial charge is 0.465 e. The molecular weight excluding hydrogens is 284 g/mol. The minimum atomic E-state index is -0.394. The van der Waals surface area contributed by atoms with Gasteiger partial charge in [-0.2, -0.15) is 0 Å². The van der Waals surface area contributed by atoms with Gasteiger partial charge in [0.25, 0.3) is 0 Å². The van der Waals surface area contributed by atoms with Crippen LogP contribution in [0.4, 0.5) is 5.82 Å². The van der Waals surface area contributed by atoms with Crippen molar-refractivity contribution in [3.8, 4) is 0 Å². The molecule has 0 aliphatic heterocycles. The van der Waals surface area contributed by atoms with Gasteiger partial charge in [-0.05, 0) is 18.9 Å². The van der Waals surface area contributed by atoms with E-state index in [0.29, 0.717) is 25.3 Å². The number of carbonyl (C=O) groups is 2. The highest BCUT2D eigenvalue weighted by molar-refractivity contribution is 5.89. The van der Waals surface area contributed by atoms with Crippen molar-refractivity contribution in [3.05, 3.63) is 42.1 Å². The summed E-state index contributed by atoms with van der Waals surface area (Å²) in [7, 11) is 0. The molecule has 1 N–H and O–H groups in total. The number of carbonyl (C=O) groups excluding carboxylic acids is 2. The van der Waals surface area contributed by atoms with E-state index in [2.05, 4.69) is 15.6 Å². The van der Waals surface area contributed by atoms with Crippen molar-refractivity contribution in [3.63, 3.8) is 0 Å². The van der Waals surface area contributed by atoms with Crippen molar-refractivity contribution >= 4 is 17.7 Å². The van der Waals surface area contributed by atoms with Gasteiger partial charge in [0.05, 0.1) is 12.8 Å². The molecule has 0 atom stereocenters. The zero-order chi connectivity index (χ0) is 15.8. The number of ether oxygens (including phenoxy) is 1. The van der Waals surface area contributed by atoms with Crippen molar-refractivity contribution < 1.29 is 14.3 Å². The number of esters is 1. The lowest BCUT2D eigenvalue weighted by molar-refractivity contribution is -0.144. The van der Waals surface area contributed by atoms with Crippen molar-refractivity contribution in [1.29, 1.82) is 0 Å². The highest BCUT2D eigenvalue weighted by Crippen LogP contribution is 2.05. The van der Waals surface area contributed by atoms with E-state index in [4.69, 9.17) is 4.74 Å². The predicted octanol–water partition coefficient (Wildman–Crippen LogP) is 1.41. The third-order valence-corrected chi connectivity index (χ3v) is 2.89. The first-order chi connectivity index (χ1) is 10.7. The van der Waals surface area contributed by atoms with Crippen LogP contribution in [0.25, 0.3) is 0 Å². The number of benzene rings is 1. The Morgan fingerprint density at radius 1 is 1.27 bits per heavy atom. The van der Waals surface area contributed by atoms with Gasteiger partial charge >= 0.3 is 5.97 Å². The van der Waals surface area contributed by atoms with E-state index < -0.39 is 5.97 Å². The molecule has 0 radical (unpaired) electrons. The lowest BCUT2D eigenvalue weighted by Crippen LogP contribution is -2.14. The fourth-order valence-electron chi connectivity index (χ4n) is 1.88. The first kappa shape index (κ1) is 15.7. The lowest BCUT2D eigenvalue weighted by atomic mass is 10.1. The quantitative estimate of drug-likeness (QED) is 0.782. The molecule has 0 bridgehead atoms. The predicted molar refractivity (Wildman–Crippen MR) is 80.0 cm³/mol. The van der Waals surface area contributed by atoms with Crippen molar-refractivity contribution in [2.75, 3.05) is 11.9 Å². The summed E-state index contributed by atoms with van der Waals surface area (Å²) in [5.41, 5.74) is 1.10. The maximum atomic E-state index is 11.8. The Morgan fingerprint density at radius 3 is 2.77 bits per heavy atom. The topological polar surface area (TPSA) is 86.1 Å². The van der Waals surface area contributed by atoms with Crippen LogP contribution in [0.1, 0.15) is 18.9 Å². The number of nitrogens with zero attached hydrogens (tertiary/aromatic N) is 3. The van der Waals surface area contributed by atoms with Gasteiger partial charge in [-0.1, -0.05) is 35.5 Å². The lowest BCUT2D eigenvalue weighted by Gasteiger charge is -2.02. The first-order valence-corrected chi connectivity index (χ1v) is 7.07. The minimum Gasteiger partial charge on any atom is -0.465 e. The highest BCUT2D eigenvalue weighted by atomic mass is 16.5. The Morgan fingerprint density at radius 2 is 2.05 bits per heavy atom. The van der Waals surface area contributed by atoms with E-state index in [1.165, 1.54) is 10.9 Å². The standard InChI is InChI=1S/C15H18N4O3/c1-2-22-15(21)11-19-10-13(17-18-19)16-14(20)9-8-12-6-4-3-5-7-12/h3-7,10H,2,8-9,11H2,1H3,(H,16,20). The number of hydrogen-bond acceptors (Lipinski definition) is 5. The molecule has 0 saturated carbocycles. The highest BCUT2D eigenvalue weighted by Gasteiger charge is 2.09. The molecule has 1 heterocycles. The summed E-state index contributed by atoms with van der Waals surface area (Å²) in [4.78, 5) is 23.1. The molecule has 0 fully saturated rings. The molecular formula is C15H18N4O3. The molecule has 1 aromatic heterocycles. The molecule has 7 heteroatoms. The summed E-state index contributed by atoms with van der Waals surface area (Å²) in [6.45, 7) is 2.02. The zero-order valence-corrected chi connectivity index (χ0v) is 12.4. The molecule has 7 nitrogen and oxygen atoms in total.